The van der Waals surface area contributed by atoms with E-state index in [1.807, 2.05) is 0 Å². The predicted molar refractivity (Wildman–Crippen MR) is 77.0 cm³/mol. The van der Waals surface area contributed by atoms with Crippen molar-refractivity contribution in [1.29, 1.82) is 0 Å². The zero-order chi connectivity index (χ0) is 15.4. The summed E-state index contributed by atoms with van der Waals surface area (Å²) in [5, 5.41) is 20.4. The number of ether oxygens (including phenoxy) is 1. The number of carbonyl (C=O) groups is 2. The number of aromatic nitrogens is 2. The highest BCUT2D eigenvalue weighted by Gasteiger charge is 2.61. The minimum absolute atomic E-state index is 0.0323. The van der Waals surface area contributed by atoms with E-state index in [2.05, 4.69) is 15.5 Å². The Morgan fingerprint density at radius 3 is 3.09 bits per heavy atom. The second-order valence-corrected chi connectivity index (χ2v) is 7.22. The molecule has 1 unspecified atom stereocenters. The zero-order valence-corrected chi connectivity index (χ0v) is 12.7. The molecule has 9 nitrogen and oxygen atoms in total. The van der Waals surface area contributed by atoms with Gasteiger partial charge in [-0.1, -0.05) is 23.1 Å². The number of nitrogens with zero attached hydrogens (tertiary/aromatic N) is 3. The molecule has 1 aromatic rings. The molecular weight excluding hydrogens is 330 g/mol. The molecular formula is C11H11N5O4S2. The highest BCUT2D eigenvalue weighted by atomic mass is 32.2. The van der Waals surface area contributed by atoms with Crippen molar-refractivity contribution in [2.24, 2.45) is 0 Å². The molecule has 0 radical (unpaired) electrons. The first-order valence-corrected chi connectivity index (χ1v) is 8.24. The summed E-state index contributed by atoms with van der Waals surface area (Å²) in [5.41, 5.74) is 6.17. The first kappa shape index (κ1) is 13.9. The number of amides is 1. The number of nitrogens with two attached hydrogens (primary N) is 1. The molecule has 4 rings (SSSR count). The van der Waals surface area contributed by atoms with E-state index < -0.39 is 5.97 Å². The second-order valence-electron chi connectivity index (χ2n) is 4.99. The van der Waals surface area contributed by atoms with Crippen LogP contribution >= 0.6 is 23.1 Å². The number of carboxylic acid groups (broad SMARTS) is 1. The summed E-state index contributed by atoms with van der Waals surface area (Å²) >= 11 is 2.58. The summed E-state index contributed by atoms with van der Waals surface area (Å²) < 4.78 is 6.29. The lowest BCUT2D eigenvalue weighted by molar-refractivity contribution is -0.163. The maximum atomic E-state index is 12.1. The summed E-state index contributed by atoms with van der Waals surface area (Å²) in [5.74, 6) is -0.957. The molecule has 1 aromatic heterocycles. The van der Waals surface area contributed by atoms with Crippen molar-refractivity contribution in [2.75, 3.05) is 18.2 Å². The Bertz CT molecular complexity index is 704. The van der Waals surface area contributed by atoms with E-state index in [9.17, 15) is 14.7 Å². The molecule has 1 amide bonds. The van der Waals surface area contributed by atoms with Gasteiger partial charge < -0.3 is 15.6 Å². The number of carboxylic acids is 1. The summed E-state index contributed by atoms with van der Waals surface area (Å²) in [6, 6.07) is -0.616. The molecule has 3 aliphatic heterocycles. The number of β-lactam (4-membered cyclic amide) rings is 1. The number of anilines is 1. The number of nitrogens with one attached hydrogen (secondary N) is 1. The topological polar surface area (TPSA) is 131 Å². The average Bonchev–Trinajstić information content (AvgIpc) is 3.04. The highest BCUT2D eigenvalue weighted by molar-refractivity contribution is 8.01. The first-order chi connectivity index (χ1) is 10.6. The van der Waals surface area contributed by atoms with E-state index in [-0.39, 0.29) is 36.5 Å². The van der Waals surface area contributed by atoms with Crippen LogP contribution < -0.4 is 11.1 Å². The van der Waals surface area contributed by atoms with Crippen molar-refractivity contribution in [3.63, 3.8) is 0 Å². The molecule has 11 heteroatoms. The molecule has 3 aliphatic rings. The van der Waals surface area contributed by atoms with Crippen molar-refractivity contribution < 1.29 is 19.4 Å². The molecule has 0 aliphatic carbocycles. The average molecular weight is 341 g/mol. The third-order valence-corrected chi connectivity index (χ3v) is 5.82. The van der Waals surface area contributed by atoms with Crippen LogP contribution in [-0.4, -0.2) is 62.8 Å². The highest BCUT2D eigenvalue weighted by Crippen LogP contribution is 2.43. The molecule has 4 N–H and O–H groups in total. The molecule has 0 aromatic carbocycles. The second kappa shape index (κ2) is 4.91. The van der Waals surface area contributed by atoms with Crippen LogP contribution in [-0.2, 0) is 14.3 Å². The van der Waals surface area contributed by atoms with Gasteiger partial charge in [0.15, 0.2) is 4.34 Å². The van der Waals surface area contributed by atoms with E-state index in [0.717, 1.165) is 0 Å². The standard InChI is InChI=1S/C11H11N5O4S2/c12-10-14-15-11(22-10)21-1-3-5(9(18)19)16-6-4(8(16)17)13-2-20-7(3)6/h4,6-7,13H,1-2H2,(H2,12,14)(H,18,19)/t4-,6-,7?/m0/s1. The molecule has 4 heterocycles. The predicted octanol–water partition coefficient (Wildman–Crippen LogP) is -0.910. The number of hydrogen-bond acceptors (Lipinski definition) is 9. The van der Waals surface area contributed by atoms with Gasteiger partial charge in [-0.25, -0.2) is 4.79 Å². The van der Waals surface area contributed by atoms with Gasteiger partial charge in [0.1, 0.15) is 17.8 Å². The lowest BCUT2D eigenvalue weighted by Gasteiger charge is -2.48. The van der Waals surface area contributed by atoms with Crippen LogP contribution in [0, 0.1) is 0 Å². The molecule has 2 saturated heterocycles. The maximum absolute atomic E-state index is 12.1. The lowest BCUT2D eigenvalue weighted by Crippen LogP contribution is -2.73. The van der Waals surface area contributed by atoms with Gasteiger partial charge in [0.05, 0.1) is 12.8 Å². The summed E-state index contributed by atoms with van der Waals surface area (Å²) in [4.78, 5) is 25.0. The van der Waals surface area contributed by atoms with Gasteiger partial charge >= 0.3 is 5.97 Å². The summed E-state index contributed by atoms with van der Waals surface area (Å²) in [7, 11) is 0. The number of carbonyl (C=O) groups excluding carboxylic acids is 1. The molecule has 0 saturated carbocycles. The smallest absolute Gasteiger partial charge is 0.352 e. The minimum Gasteiger partial charge on any atom is -0.477 e. The van der Waals surface area contributed by atoms with Crippen LogP contribution in [0.15, 0.2) is 15.6 Å². The van der Waals surface area contributed by atoms with E-state index in [0.29, 0.717) is 20.8 Å². The Morgan fingerprint density at radius 1 is 1.59 bits per heavy atom. The SMILES string of the molecule is Nc1nnc(SCC2=C(C(=O)O)N3C(=O)[C@H]4NCOC2[C@H]43)s1. The van der Waals surface area contributed by atoms with E-state index in [4.69, 9.17) is 10.5 Å². The molecule has 116 valence electrons. The Hall–Kier alpha value is -1.69. The third-order valence-electron chi connectivity index (χ3n) is 3.88. The number of rotatable bonds is 4. The third kappa shape index (κ3) is 1.86. The number of hydrogen-bond donors (Lipinski definition) is 3. The van der Waals surface area contributed by atoms with Gasteiger partial charge in [0, 0.05) is 11.3 Å². The van der Waals surface area contributed by atoms with Crippen molar-refractivity contribution in [3.8, 4) is 0 Å². The van der Waals surface area contributed by atoms with Crippen LogP contribution in [0.25, 0.3) is 0 Å². The minimum atomic E-state index is -1.11. The van der Waals surface area contributed by atoms with Crippen LogP contribution in [0.1, 0.15) is 0 Å². The van der Waals surface area contributed by atoms with Crippen LogP contribution in [0.4, 0.5) is 5.13 Å². The van der Waals surface area contributed by atoms with Crippen molar-refractivity contribution >= 4 is 40.1 Å². The Morgan fingerprint density at radius 2 is 2.41 bits per heavy atom. The fourth-order valence-electron chi connectivity index (χ4n) is 3.02. The number of thioether (sulfide) groups is 1. The van der Waals surface area contributed by atoms with Crippen LogP contribution in [0.2, 0.25) is 0 Å². The monoisotopic (exact) mass is 341 g/mol. The van der Waals surface area contributed by atoms with Gasteiger partial charge in [0.25, 0.3) is 0 Å². The van der Waals surface area contributed by atoms with Crippen LogP contribution in [0.3, 0.4) is 0 Å². The van der Waals surface area contributed by atoms with Gasteiger partial charge in [-0.05, 0) is 0 Å². The normalized spacial score (nSPS) is 29.5. The summed E-state index contributed by atoms with van der Waals surface area (Å²) in [6.45, 7) is 0.234. The number of aliphatic carboxylic acids is 1. The van der Waals surface area contributed by atoms with Gasteiger partial charge in [0.2, 0.25) is 11.0 Å². The summed E-state index contributed by atoms with van der Waals surface area (Å²) in [6.07, 6.45) is -0.382. The zero-order valence-electron chi connectivity index (χ0n) is 11.1. The molecule has 22 heavy (non-hydrogen) atoms. The molecule has 2 fully saturated rings. The first-order valence-electron chi connectivity index (χ1n) is 6.44. The quantitative estimate of drug-likeness (QED) is 0.470. The fourth-order valence-corrected chi connectivity index (χ4v) is 4.71. The van der Waals surface area contributed by atoms with E-state index in [1.54, 1.807) is 0 Å². The lowest BCUT2D eigenvalue weighted by atomic mass is 9.91. The molecule has 0 spiro atoms. The van der Waals surface area contributed by atoms with E-state index in [1.165, 1.54) is 28.0 Å². The molecule has 0 bridgehead atoms. The van der Waals surface area contributed by atoms with Crippen LogP contribution in [0.5, 0.6) is 0 Å². The Labute approximate surface area is 132 Å². The Balaban J connectivity index is 1.63. The van der Waals surface area contributed by atoms with Gasteiger partial charge in [-0.2, -0.15) is 0 Å². The largest absolute Gasteiger partial charge is 0.477 e. The maximum Gasteiger partial charge on any atom is 0.352 e. The van der Waals surface area contributed by atoms with Crippen molar-refractivity contribution in [3.05, 3.63) is 11.3 Å². The molecule has 3 atom stereocenters. The Kier molecular flexibility index (Phi) is 3.11. The van der Waals surface area contributed by atoms with Crippen molar-refractivity contribution in [2.45, 2.75) is 22.5 Å². The van der Waals surface area contributed by atoms with E-state index >= 15 is 0 Å². The van der Waals surface area contributed by atoms with Gasteiger partial charge in [-0.3, -0.25) is 15.0 Å². The number of nitrogen functional groups attached to an aromatic ring is 1. The van der Waals surface area contributed by atoms with Gasteiger partial charge in [-0.15, -0.1) is 10.2 Å². The fraction of sp³-hybridized carbons (Fsp3) is 0.455. The van der Waals surface area contributed by atoms with Crippen molar-refractivity contribution in [1.82, 2.24) is 20.4 Å².